The van der Waals surface area contributed by atoms with E-state index in [-0.39, 0.29) is 18.5 Å². The highest BCUT2D eigenvalue weighted by atomic mass is 19.1. The van der Waals surface area contributed by atoms with Crippen molar-refractivity contribution >= 4 is 0 Å². The first-order valence-corrected chi connectivity index (χ1v) is 8.82. The van der Waals surface area contributed by atoms with Gasteiger partial charge in [0, 0.05) is 38.1 Å². The Kier molecular flexibility index (Phi) is 5.36. The number of benzene rings is 1. The molecule has 1 unspecified atom stereocenters. The Labute approximate surface area is 156 Å². The molecule has 2 aromatic heterocycles. The van der Waals surface area contributed by atoms with Crippen LogP contribution in [0.2, 0.25) is 0 Å². The van der Waals surface area contributed by atoms with Crippen molar-refractivity contribution in [1.82, 2.24) is 25.3 Å². The summed E-state index contributed by atoms with van der Waals surface area (Å²) in [5.41, 5.74) is 1.16. The lowest BCUT2D eigenvalue weighted by molar-refractivity contribution is 0.135. The summed E-state index contributed by atoms with van der Waals surface area (Å²) in [5, 5.41) is 7.39. The van der Waals surface area contributed by atoms with Crippen LogP contribution in [0.5, 0.6) is 5.75 Å². The van der Waals surface area contributed by atoms with Gasteiger partial charge in [-0.2, -0.15) is 4.98 Å². The van der Waals surface area contributed by atoms with Crippen LogP contribution in [0.1, 0.15) is 23.3 Å². The van der Waals surface area contributed by atoms with Gasteiger partial charge in [0.25, 0.3) is 0 Å². The van der Waals surface area contributed by atoms with Gasteiger partial charge in [0.15, 0.2) is 6.61 Å². The molecular weight excluding hydrogens is 349 g/mol. The third-order valence-electron chi connectivity index (χ3n) is 4.45. The molecule has 3 aromatic rings. The van der Waals surface area contributed by atoms with Crippen LogP contribution in [0.3, 0.4) is 0 Å². The number of piperazine rings is 1. The highest BCUT2D eigenvalue weighted by Gasteiger charge is 2.25. The van der Waals surface area contributed by atoms with Gasteiger partial charge in [-0.1, -0.05) is 11.2 Å². The molecule has 0 spiro atoms. The number of halogens is 1. The summed E-state index contributed by atoms with van der Waals surface area (Å²) < 4.78 is 23.9. The Bertz CT molecular complexity index is 856. The highest BCUT2D eigenvalue weighted by molar-refractivity contribution is 5.22. The van der Waals surface area contributed by atoms with Crippen LogP contribution in [0, 0.1) is 5.82 Å². The van der Waals surface area contributed by atoms with Gasteiger partial charge in [0.05, 0.1) is 6.54 Å². The number of aromatic nitrogens is 3. The van der Waals surface area contributed by atoms with E-state index < -0.39 is 0 Å². The minimum Gasteiger partial charge on any atom is -0.485 e. The first-order chi connectivity index (χ1) is 13.3. The summed E-state index contributed by atoms with van der Waals surface area (Å²) in [5.74, 6) is 1.26. The summed E-state index contributed by atoms with van der Waals surface area (Å²) in [6.45, 7) is 3.36. The van der Waals surface area contributed by atoms with Crippen molar-refractivity contribution in [3.05, 3.63) is 71.9 Å². The first kappa shape index (κ1) is 17.6. The van der Waals surface area contributed by atoms with Gasteiger partial charge >= 0.3 is 0 Å². The fourth-order valence-electron chi connectivity index (χ4n) is 3.10. The minimum absolute atomic E-state index is 0.169. The summed E-state index contributed by atoms with van der Waals surface area (Å²) in [6, 6.07) is 10.1. The highest BCUT2D eigenvalue weighted by Crippen LogP contribution is 2.23. The normalized spacial score (nSPS) is 17.7. The average Bonchev–Trinajstić information content (AvgIpc) is 3.16. The molecule has 3 heterocycles. The van der Waals surface area contributed by atoms with Crippen molar-refractivity contribution in [2.24, 2.45) is 0 Å². The molecule has 140 valence electrons. The Morgan fingerprint density at radius 2 is 2.15 bits per heavy atom. The van der Waals surface area contributed by atoms with Crippen LogP contribution < -0.4 is 10.1 Å². The van der Waals surface area contributed by atoms with Crippen LogP contribution >= 0.6 is 0 Å². The summed E-state index contributed by atoms with van der Waals surface area (Å²) >= 11 is 0. The lowest BCUT2D eigenvalue weighted by Gasteiger charge is -2.35. The maximum absolute atomic E-state index is 12.9. The van der Waals surface area contributed by atoms with Crippen molar-refractivity contribution in [2.45, 2.75) is 19.2 Å². The zero-order valence-electron chi connectivity index (χ0n) is 14.7. The molecule has 0 saturated carbocycles. The van der Waals surface area contributed by atoms with E-state index in [0.717, 1.165) is 25.2 Å². The number of nitrogens with zero attached hydrogens (tertiary/aromatic N) is 4. The molecule has 8 heteroatoms. The van der Waals surface area contributed by atoms with Crippen LogP contribution in [0.25, 0.3) is 0 Å². The Morgan fingerprint density at radius 1 is 1.26 bits per heavy atom. The van der Waals surface area contributed by atoms with Gasteiger partial charge in [-0.25, -0.2) is 4.39 Å². The SMILES string of the molecule is Fc1ccc(OCc2noc(CN3CCNCC3c3cccnc3)n2)cc1. The smallest absolute Gasteiger partial charge is 0.240 e. The molecule has 1 N–H and O–H groups in total. The molecule has 0 radical (unpaired) electrons. The Morgan fingerprint density at radius 3 is 2.96 bits per heavy atom. The van der Waals surface area contributed by atoms with Crippen LogP contribution in [0.15, 0.2) is 53.3 Å². The van der Waals surface area contributed by atoms with E-state index in [1.807, 2.05) is 12.3 Å². The van der Waals surface area contributed by atoms with Gasteiger partial charge in [0.2, 0.25) is 11.7 Å². The van der Waals surface area contributed by atoms with E-state index in [4.69, 9.17) is 9.26 Å². The lowest BCUT2D eigenvalue weighted by atomic mass is 10.1. The summed E-state index contributed by atoms with van der Waals surface area (Å²) in [7, 11) is 0. The van der Waals surface area contributed by atoms with Crippen molar-refractivity contribution in [1.29, 1.82) is 0 Å². The number of hydrogen-bond donors (Lipinski definition) is 1. The van der Waals surface area contributed by atoms with E-state index in [1.165, 1.54) is 12.1 Å². The van der Waals surface area contributed by atoms with Gasteiger partial charge in [-0.15, -0.1) is 0 Å². The fourth-order valence-corrected chi connectivity index (χ4v) is 3.10. The van der Waals surface area contributed by atoms with E-state index in [9.17, 15) is 4.39 Å². The van der Waals surface area contributed by atoms with E-state index in [2.05, 4.69) is 31.4 Å². The monoisotopic (exact) mass is 369 g/mol. The van der Waals surface area contributed by atoms with Crippen molar-refractivity contribution < 1.29 is 13.7 Å². The van der Waals surface area contributed by atoms with Crippen LogP contribution in [0.4, 0.5) is 4.39 Å². The third-order valence-corrected chi connectivity index (χ3v) is 4.45. The molecule has 1 aliphatic heterocycles. The first-order valence-electron chi connectivity index (χ1n) is 8.82. The average molecular weight is 369 g/mol. The second-order valence-electron chi connectivity index (χ2n) is 6.32. The zero-order chi connectivity index (χ0) is 18.5. The number of nitrogens with one attached hydrogen (secondary N) is 1. The Hall–Kier alpha value is -2.84. The third kappa shape index (κ3) is 4.47. The van der Waals surface area contributed by atoms with Crippen molar-refractivity contribution in [3.63, 3.8) is 0 Å². The van der Waals surface area contributed by atoms with Gasteiger partial charge < -0.3 is 14.6 Å². The maximum Gasteiger partial charge on any atom is 0.240 e. The molecular formula is C19H20FN5O2. The predicted molar refractivity (Wildman–Crippen MR) is 95.3 cm³/mol. The molecule has 1 saturated heterocycles. The fraction of sp³-hybridized carbons (Fsp3) is 0.316. The van der Waals surface area contributed by atoms with E-state index in [0.29, 0.717) is 24.0 Å². The standard InChI is InChI=1S/C19H20FN5O2/c20-15-3-5-16(6-4-15)26-13-18-23-19(27-24-18)12-25-9-8-22-11-17(25)14-2-1-7-21-10-14/h1-7,10,17,22H,8-9,11-13H2. The lowest BCUT2D eigenvalue weighted by Crippen LogP contribution is -2.45. The molecule has 4 rings (SSSR count). The largest absolute Gasteiger partial charge is 0.485 e. The predicted octanol–water partition coefficient (Wildman–Crippen LogP) is 2.33. The minimum atomic E-state index is -0.302. The number of hydrogen-bond acceptors (Lipinski definition) is 7. The molecule has 1 atom stereocenters. The van der Waals surface area contributed by atoms with Crippen molar-refractivity contribution in [2.75, 3.05) is 19.6 Å². The molecule has 27 heavy (non-hydrogen) atoms. The van der Waals surface area contributed by atoms with Crippen molar-refractivity contribution in [3.8, 4) is 5.75 Å². The second-order valence-corrected chi connectivity index (χ2v) is 6.32. The number of rotatable bonds is 6. The zero-order valence-corrected chi connectivity index (χ0v) is 14.7. The quantitative estimate of drug-likeness (QED) is 0.715. The van der Waals surface area contributed by atoms with E-state index >= 15 is 0 Å². The van der Waals surface area contributed by atoms with E-state index in [1.54, 1.807) is 18.3 Å². The van der Waals surface area contributed by atoms with Gasteiger partial charge in [0.1, 0.15) is 11.6 Å². The second kappa shape index (κ2) is 8.24. The number of pyridine rings is 1. The van der Waals surface area contributed by atoms with Crippen LogP contribution in [-0.2, 0) is 13.2 Å². The Balaban J connectivity index is 1.38. The van der Waals surface area contributed by atoms with Gasteiger partial charge in [-0.3, -0.25) is 9.88 Å². The molecule has 7 nitrogen and oxygen atoms in total. The number of ether oxygens (including phenoxy) is 1. The molecule has 1 aliphatic rings. The summed E-state index contributed by atoms with van der Waals surface area (Å²) in [6.07, 6.45) is 3.66. The molecule has 1 aromatic carbocycles. The van der Waals surface area contributed by atoms with Crippen LogP contribution in [-0.4, -0.2) is 39.7 Å². The maximum atomic E-state index is 12.9. The summed E-state index contributed by atoms with van der Waals surface area (Å²) in [4.78, 5) is 10.9. The van der Waals surface area contributed by atoms with Gasteiger partial charge in [-0.05, 0) is 35.9 Å². The molecule has 0 amide bonds. The molecule has 0 aliphatic carbocycles. The molecule has 1 fully saturated rings. The topological polar surface area (TPSA) is 76.3 Å². The molecule has 0 bridgehead atoms.